The molecule has 2 aliphatic heterocycles. The molecule has 1 atom stereocenters. The van der Waals surface area contributed by atoms with Crippen LogP contribution in [0.4, 0.5) is 0 Å². The van der Waals surface area contributed by atoms with Gasteiger partial charge >= 0.3 is 0 Å². The van der Waals surface area contributed by atoms with Crippen LogP contribution in [0.1, 0.15) is 73.0 Å². The third-order valence-electron chi connectivity index (χ3n) is 6.45. The number of nitrogens with zero attached hydrogens (tertiary/aromatic N) is 4. The maximum absolute atomic E-state index is 13.1. The van der Waals surface area contributed by atoms with Gasteiger partial charge in [0.25, 0.3) is 11.8 Å². The van der Waals surface area contributed by atoms with Crippen LogP contribution in [0.2, 0.25) is 0 Å². The Morgan fingerprint density at radius 3 is 2.28 bits per heavy atom. The number of carbonyl (C=O) groups excluding carboxylic acids is 4. The Labute approximate surface area is 210 Å². The minimum atomic E-state index is -0.742. The van der Waals surface area contributed by atoms with E-state index in [1.807, 2.05) is 25.3 Å². The van der Waals surface area contributed by atoms with E-state index in [9.17, 15) is 19.2 Å². The second kappa shape index (κ2) is 10.2. The number of likely N-dealkylation sites (tertiary alicyclic amines) is 1. The number of benzene rings is 1. The molecule has 0 aliphatic carbocycles. The average Bonchev–Trinajstić information content (AvgIpc) is 3.40. The van der Waals surface area contributed by atoms with E-state index in [0.29, 0.717) is 37.1 Å². The Bertz CT molecular complexity index is 1120. The number of hydrogen-bond donors (Lipinski definition) is 1. The Kier molecular flexibility index (Phi) is 7.26. The van der Waals surface area contributed by atoms with Crippen LogP contribution in [-0.4, -0.2) is 74.3 Å². The molecule has 10 nitrogen and oxygen atoms in total. The van der Waals surface area contributed by atoms with E-state index in [4.69, 9.17) is 4.74 Å². The summed E-state index contributed by atoms with van der Waals surface area (Å²) in [5, 5.41) is 2.71. The molecule has 1 saturated heterocycles. The predicted octanol–water partition coefficient (Wildman–Crippen LogP) is 2.16. The topological polar surface area (TPSA) is 114 Å². The van der Waals surface area contributed by atoms with Crippen molar-refractivity contribution < 1.29 is 23.9 Å². The number of nitrogens with one attached hydrogen (secondary N) is 1. The number of hydrogen-bond acceptors (Lipinski definition) is 6. The van der Waals surface area contributed by atoms with Crippen LogP contribution in [0, 0.1) is 0 Å². The fourth-order valence-corrected chi connectivity index (χ4v) is 4.65. The number of aromatic nitrogens is 2. The Hall–Kier alpha value is -3.53. The fraction of sp³-hybridized carbons (Fsp3) is 0.500. The van der Waals surface area contributed by atoms with Crippen molar-refractivity contribution >= 4 is 23.6 Å². The number of fused-ring (bicyclic) bond motifs is 1. The molecule has 4 rings (SSSR count). The lowest BCUT2D eigenvalue weighted by atomic mass is 9.95. The third-order valence-corrected chi connectivity index (χ3v) is 6.45. The highest BCUT2D eigenvalue weighted by Crippen LogP contribution is 2.29. The van der Waals surface area contributed by atoms with Crippen LogP contribution in [0.5, 0.6) is 0 Å². The molecule has 36 heavy (non-hydrogen) atoms. The van der Waals surface area contributed by atoms with E-state index in [1.165, 1.54) is 11.8 Å². The Morgan fingerprint density at radius 1 is 1.11 bits per heavy atom. The van der Waals surface area contributed by atoms with Crippen molar-refractivity contribution in [1.82, 2.24) is 24.7 Å². The van der Waals surface area contributed by atoms with Crippen molar-refractivity contribution in [2.75, 3.05) is 19.7 Å². The van der Waals surface area contributed by atoms with Crippen LogP contribution in [0.15, 0.2) is 36.7 Å². The second-order valence-electron chi connectivity index (χ2n) is 10.3. The molecule has 0 radical (unpaired) electrons. The summed E-state index contributed by atoms with van der Waals surface area (Å²) in [6, 6.07) is 6.08. The highest BCUT2D eigenvalue weighted by molar-refractivity contribution is 6.21. The number of ether oxygens (including phenoxy) is 1. The van der Waals surface area contributed by atoms with Crippen molar-refractivity contribution in [3.8, 4) is 0 Å². The molecule has 0 spiro atoms. The zero-order valence-electron chi connectivity index (χ0n) is 21.2. The number of imidazole rings is 1. The van der Waals surface area contributed by atoms with E-state index in [1.54, 1.807) is 41.6 Å². The van der Waals surface area contributed by atoms with Gasteiger partial charge in [0.2, 0.25) is 11.8 Å². The first-order valence-electron chi connectivity index (χ1n) is 12.2. The summed E-state index contributed by atoms with van der Waals surface area (Å²) >= 11 is 0. The lowest BCUT2D eigenvalue weighted by Gasteiger charge is -2.35. The quantitative estimate of drug-likeness (QED) is 0.589. The van der Waals surface area contributed by atoms with Gasteiger partial charge in [-0.25, -0.2) is 4.98 Å². The normalized spacial score (nSPS) is 17.3. The minimum Gasteiger partial charge on any atom is -0.373 e. The van der Waals surface area contributed by atoms with Gasteiger partial charge < -0.3 is 19.5 Å². The molecule has 0 bridgehead atoms. The van der Waals surface area contributed by atoms with Crippen molar-refractivity contribution in [3.63, 3.8) is 0 Å². The summed E-state index contributed by atoms with van der Waals surface area (Å²) in [5.41, 5.74) is 0.404. The average molecular weight is 496 g/mol. The zero-order valence-corrected chi connectivity index (χ0v) is 21.2. The van der Waals surface area contributed by atoms with E-state index in [2.05, 4.69) is 10.3 Å². The Morgan fingerprint density at radius 2 is 1.72 bits per heavy atom. The smallest absolute Gasteiger partial charge is 0.263 e. The number of rotatable bonds is 7. The van der Waals surface area contributed by atoms with Gasteiger partial charge in [0, 0.05) is 38.3 Å². The monoisotopic (exact) mass is 495 g/mol. The van der Waals surface area contributed by atoms with Crippen LogP contribution < -0.4 is 5.32 Å². The zero-order chi connectivity index (χ0) is 26.0. The van der Waals surface area contributed by atoms with Crippen LogP contribution in [0.25, 0.3) is 0 Å². The lowest BCUT2D eigenvalue weighted by molar-refractivity contribution is -0.140. The van der Waals surface area contributed by atoms with Gasteiger partial charge in [0.05, 0.1) is 23.3 Å². The number of piperidine rings is 1. The second-order valence-corrected chi connectivity index (χ2v) is 10.3. The minimum absolute atomic E-state index is 0.0734. The number of amides is 4. The highest BCUT2D eigenvalue weighted by Gasteiger charge is 2.36. The standard InChI is InChI=1S/C26H33N5O5/c1-17(32)28-21(15-36-26(2,3)4)25(35)29-12-9-18(10-13-29)22-27-11-14-30(22)16-31-23(33)19-7-5-6-8-20(19)24(31)34/h5-8,11,14,18,21H,9-10,12-13,15-16H2,1-4H3,(H,28,32). The molecule has 4 amide bonds. The molecular formula is C26H33N5O5. The molecule has 1 N–H and O–H groups in total. The van der Waals surface area contributed by atoms with Crippen molar-refractivity contribution in [2.24, 2.45) is 0 Å². The van der Waals surface area contributed by atoms with Gasteiger partial charge in [-0.1, -0.05) is 12.1 Å². The number of imide groups is 1. The SMILES string of the molecule is CC(=O)NC(COC(C)(C)C)C(=O)N1CCC(c2nccn2CN2C(=O)c3ccccc3C2=O)CC1. The van der Waals surface area contributed by atoms with E-state index in [0.717, 1.165) is 5.82 Å². The van der Waals surface area contributed by atoms with Gasteiger partial charge in [-0.15, -0.1) is 0 Å². The first-order chi connectivity index (χ1) is 17.0. The molecule has 1 unspecified atom stereocenters. The summed E-state index contributed by atoms with van der Waals surface area (Å²) in [4.78, 5) is 57.9. The molecule has 0 saturated carbocycles. The summed E-state index contributed by atoms with van der Waals surface area (Å²) in [5.74, 6) is -0.204. The molecule has 1 aromatic heterocycles. The van der Waals surface area contributed by atoms with Gasteiger partial charge in [-0.05, 0) is 45.7 Å². The maximum Gasteiger partial charge on any atom is 0.263 e. The molecule has 2 aliphatic rings. The summed E-state index contributed by atoms with van der Waals surface area (Å²) in [6.07, 6.45) is 4.80. The molecule has 192 valence electrons. The first-order valence-corrected chi connectivity index (χ1v) is 12.2. The van der Waals surface area contributed by atoms with E-state index >= 15 is 0 Å². The number of carbonyl (C=O) groups is 4. The van der Waals surface area contributed by atoms with Crippen LogP contribution in [-0.2, 0) is 21.0 Å². The lowest BCUT2D eigenvalue weighted by Crippen LogP contribution is -2.53. The van der Waals surface area contributed by atoms with Gasteiger partial charge in [0.15, 0.2) is 0 Å². The van der Waals surface area contributed by atoms with Crippen molar-refractivity contribution in [1.29, 1.82) is 0 Å². The largest absolute Gasteiger partial charge is 0.373 e. The molecule has 10 heteroatoms. The Balaban J connectivity index is 1.39. The summed E-state index contributed by atoms with van der Waals surface area (Å²) in [6.45, 7) is 8.30. The third kappa shape index (κ3) is 5.48. The van der Waals surface area contributed by atoms with Crippen molar-refractivity contribution in [3.05, 3.63) is 53.6 Å². The van der Waals surface area contributed by atoms with Crippen molar-refractivity contribution in [2.45, 2.75) is 64.8 Å². The molecule has 3 heterocycles. The summed E-state index contributed by atoms with van der Waals surface area (Å²) < 4.78 is 7.60. The maximum atomic E-state index is 13.1. The molecular weight excluding hydrogens is 462 g/mol. The van der Waals surface area contributed by atoms with Gasteiger partial charge in [-0.2, -0.15) is 0 Å². The van der Waals surface area contributed by atoms with Gasteiger partial charge in [0.1, 0.15) is 18.5 Å². The van der Waals surface area contributed by atoms with E-state index in [-0.39, 0.29) is 42.8 Å². The molecule has 1 aromatic carbocycles. The van der Waals surface area contributed by atoms with Crippen LogP contribution >= 0.6 is 0 Å². The predicted molar refractivity (Wildman–Crippen MR) is 131 cm³/mol. The first kappa shape index (κ1) is 25.6. The molecule has 2 aromatic rings. The fourth-order valence-electron chi connectivity index (χ4n) is 4.65. The molecule has 1 fully saturated rings. The van der Waals surface area contributed by atoms with E-state index < -0.39 is 11.6 Å². The summed E-state index contributed by atoms with van der Waals surface area (Å²) in [7, 11) is 0. The highest BCUT2D eigenvalue weighted by atomic mass is 16.5. The van der Waals surface area contributed by atoms with Crippen LogP contribution in [0.3, 0.4) is 0 Å². The van der Waals surface area contributed by atoms with Gasteiger partial charge in [-0.3, -0.25) is 24.1 Å².